The van der Waals surface area contributed by atoms with Gasteiger partial charge in [0, 0.05) is 17.8 Å². The highest BCUT2D eigenvalue weighted by Crippen LogP contribution is 2.16. The van der Waals surface area contributed by atoms with E-state index >= 15 is 0 Å². The zero-order chi connectivity index (χ0) is 16.4. The van der Waals surface area contributed by atoms with Crippen LogP contribution in [0, 0.1) is 6.92 Å². The first-order chi connectivity index (χ1) is 10.6. The monoisotopic (exact) mass is 322 g/mol. The van der Waals surface area contributed by atoms with Crippen molar-refractivity contribution in [3.63, 3.8) is 0 Å². The minimum atomic E-state index is -0.445. The van der Waals surface area contributed by atoms with Crippen molar-refractivity contribution in [3.8, 4) is 5.75 Å². The van der Waals surface area contributed by atoms with E-state index in [1.807, 2.05) is 31.2 Å². The Bertz CT molecular complexity index is 567. The fourth-order valence-electron chi connectivity index (χ4n) is 1.48. The Morgan fingerprint density at radius 2 is 1.95 bits per heavy atom. The average molecular weight is 323 g/mol. The minimum absolute atomic E-state index is 0.343. The number of nitrogens with zero attached hydrogens (tertiary/aromatic N) is 1. The van der Waals surface area contributed by atoms with Gasteiger partial charge in [0.2, 0.25) is 0 Å². The molecule has 1 aromatic heterocycles. The molecule has 0 aliphatic heterocycles. The molecule has 0 fully saturated rings. The molecule has 0 unspecified atom stereocenters. The molecule has 0 atom stereocenters. The number of aryl methyl sites for hydroxylation is 1. The van der Waals surface area contributed by atoms with E-state index in [0.29, 0.717) is 24.5 Å². The van der Waals surface area contributed by atoms with Crippen LogP contribution in [0.15, 0.2) is 42.7 Å². The standard InChI is InChI=1S/C9H12N2O3.C7H7Cl/c1-13-9(12)7-2-4-11-6-8(7)14-5-3-10;1-6-2-4-7(8)5-3-6/h2,4,6H,3,5,10H2,1H3;2-5H,1H3. The Hall–Kier alpha value is -2.11. The molecule has 2 aromatic rings. The molecule has 0 radical (unpaired) electrons. The lowest BCUT2D eigenvalue weighted by molar-refractivity contribution is 0.0596. The molecule has 1 aromatic carbocycles. The summed E-state index contributed by atoms with van der Waals surface area (Å²) < 4.78 is 9.80. The van der Waals surface area contributed by atoms with Gasteiger partial charge in [-0.3, -0.25) is 4.98 Å². The molecule has 0 aliphatic carbocycles. The predicted molar refractivity (Wildman–Crippen MR) is 86.3 cm³/mol. The summed E-state index contributed by atoms with van der Waals surface area (Å²) in [5.41, 5.74) is 6.88. The van der Waals surface area contributed by atoms with Gasteiger partial charge in [-0.25, -0.2) is 4.79 Å². The van der Waals surface area contributed by atoms with Crippen molar-refractivity contribution in [2.45, 2.75) is 6.92 Å². The fraction of sp³-hybridized carbons (Fsp3) is 0.250. The summed E-state index contributed by atoms with van der Waals surface area (Å²) in [7, 11) is 1.31. The Balaban J connectivity index is 0.000000255. The van der Waals surface area contributed by atoms with Crippen molar-refractivity contribution in [1.29, 1.82) is 0 Å². The van der Waals surface area contributed by atoms with Gasteiger partial charge in [0.25, 0.3) is 0 Å². The molecule has 0 spiro atoms. The first kappa shape index (κ1) is 17.9. The van der Waals surface area contributed by atoms with Gasteiger partial charge in [-0.1, -0.05) is 29.3 Å². The Morgan fingerprint density at radius 3 is 2.50 bits per heavy atom. The summed E-state index contributed by atoms with van der Waals surface area (Å²) in [6.45, 7) is 2.77. The summed E-state index contributed by atoms with van der Waals surface area (Å²) in [4.78, 5) is 15.1. The zero-order valence-corrected chi connectivity index (χ0v) is 13.3. The van der Waals surface area contributed by atoms with Crippen LogP contribution in [-0.2, 0) is 4.74 Å². The molecule has 22 heavy (non-hydrogen) atoms. The van der Waals surface area contributed by atoms with Crippen LogP contribution in [0.1, 0.15) is 15.9 Å². The first-order valence-corrected chi connectivity index (χ1v) is 7.03. The number of methoxy groups -OCH3 is 1. The van der Waals surface area contributed by atoms with Gasteiger partial charge in [-0.15, -0.1) is 0 Å². The number of benzene rings is 1. The van der Waals surface area contributed by atoms with Crippen LogP contribution in [0.25, 0.3) is 0 Å². The molecule has 0 saturated heterocycles. The second kappa shape index (κ2) is 9.76. The lowest BCUT2D eigenvalue weighted by Crippen LogP contribution is -2.13. The number of nitrogens with two attached hydrogens (primary N) is 1. The molecule has 5 nitrogen and oxygen atoms in total. The van der Waals surface area contributed by atoms with E-state index in [0.717, 1.165) is 5.02 Å². The third kappa shape index (κ3) is 6.11. The largest absolute Gasteiger partial charge is 0.490 e. The van der Waals surface area contributed by atoms with Crippen LogP contribution in [-0.4, -0.2) is 31.2 Å². The van der Waals surface area contributed by atoms with Gasteiger partial charge in [0.1, 0.15) is 12.2 Å². The van der Waals surface area contributed by atoms with Gasteiger partial charge in [0.05, 0.1) is 13.3 Å². The van der Waals surface area contributed by atoms with Crippen LogP contribution in [0.3, 0.4) is 0 Å². The molecular formula is C16H19ClN2O3. The summed E-state index contributed by atoms with van der Waals surface area (Å²) in [5, 5.41) is 0.801. The van der Waals surface area contributed by atoms with E-state index in [1.54, 1.807) is 0 Å². The highest BCUT2D eigenvalue weighted by Gasteiger charge is 2.11. The minimum Gasteiger partial charge on any atom is -0.490 e. The number of esters is 1. The van der Waals surface area contributed by atoms with Gasteiger partial charge in [0.15, 0.2) is 5.75 Å². The van der Waals surface area contributed by atoms with Gasteiger partial charge in [-0.05, 0) is 25.1 Å². The van der Waals surface area contributed by atoms with E-state index in [-0.39, 0.29) is 0 Å². The summed E-state index contributed by atoms with van der Waals surface area (Å²) in [5.74, 6) is -0.0516. The van der Waals surface area contributed by atoms with Crippen molar-refractivity contribution in [1.82, 2.24) is 4.98 Å². The highest BCUT2D eigenvalue weighted by atomic mass is 35.5. The number of aromatic nitrogens is 1. The number of carbonyl (C=O) groups is 1. The second-order valence-corrected chi connectivity index (χ2v) is 4.73. The van der Waals surface area contributed by atoms with Gasteiger partial charge in [-0.2, -0.15) is 0 Å². The number of pyridine rings is 1. The molecule has 6 heteroatoms. The van der Waals surface area contributed by atoms with Crippen molar-refractivity contribution < 1.29 is 14.3 Å². The number of rotatable bonds is 4. The maximum atomic E-state index is 11.2. The molecule has 1 heterocycles. The fourth-order valence-corrected chi connectivity index (χ4v) is 1.60. The van der Waals surface area contributed by atoms with Crippen LogP contribution in [0.4, 0.5) is 0 Å². The van der Waals surface area contributed by atoms with Crippen molar-refractivity contribution in [3.05, 3.63) is 58.9 Å². The molecule has 0 amide bonds. The highest BCUT2D eigenvalue weighted by molar-refractivity contribution is 6.30. The molecule has 2 N–H and O–H groups in total. The smallest absolute Gasteiger partial charge is 0.341 e. The molecular weight excluding hydrogens is 304 g/mol. The van der Waals surface area contributed by atoms with E-state index < -0.39 is 5.97 Å². The van der Waals surface area contributed by atoms with Crippen molar-refractivity contribution in [2.24, 2.45) is 5.73 Å². The zero-order valence-electron chi connectivity index (χ0n) is 12.6. The topological polar surface area (TPSA) is 74.4 Å². The van der Waals surface area contributed by atoms with Crippen molar-refractivity contribution in [2.75, 3.05) is 20.3 Å². The van der Waals surface area contributed by atoms with Crippen LogP contribution >= 0.6 is 11.6 Å². The van der Waals surface area contributed by atoms with Crippen LogP contribution in [0.2, 0.25) is 5.02 Å². The first-order valence-electron chi connectivity index (χ1n) is 6.65. The van der Waals surface area contributed by atoms with Crippen LogP contribution < -0.4 is 10.5 Å². The van der Waals surface area contributed by atoms with Gasteiger partial charge >= 0.3 is 5.97 Å². The Morgan fingerprint density at radius 1 is 1.27 bits per heavy atom. The lowest BCUT2D eigenvalue weighted by atomic mass is 10.2. The normalized spacial score (nSPS) is 9.45. The quantitative estimate of drug-likeness (QED) is 0.876. The van der Waals surface area contributed by atoms with Crippen LogP contribution in [0.5, 0.6) is 5.75 Å². The van der Waals surface area contributed by atoms with Crippen molar-refractivity contribution >= 4 is 17.6 Å². The summed E-state index contributed by atoms with van der Waals surface area (Å²) in [6.07, 6.45) is 2.96. The molecule has 2 rings (SSSR count). The lowest BCUT2D eigenvalue weighted by Gasteiger charge is -2.07. The molecule has 0 aliphatic rings. The number of ether oxygens (including phenoxy) is 2. The summed E-state index contributed by atoms with van der Waals surface area (Å²) >= 11 is 5.61. The maximum absolute atomic E-state index is 11.2. The van der Waals surface area contributed by atoms with E-state index in [2.05, 4.69) is 9.72 Å². The maximum Gasteiger partial charge on any atom is 0.341 e. The molecule has 0 bridgehead atoms. The molecule has 118 valence electrons. The number of hydrogen-bond donors (Lipinski definition) is 1. The van der Waals surface area contributed by atoms with E-state index in [4.69, 9.17) is 22.1 Å². The van der Waals surface area contributed by atoms with Gasteiger partial charge < -0.3 is 15.2 Å². The Kier molecular flexibility index (Phi) is 7.96. The Labute approximate surface area is 135 Å². The summed E-state index contributed by atoms with van der Waals surface area (Å²) in [6, 6.07) is 9.29. The average Bonchev–Trinajstić information content (AvgIpc) is 2.56. The number of hydrogen-bond acceptors (Lipinski definition) is 5. The van der Waals surface area contributed by atoms with E-state index in [9.17, 15) is 4.79 Å². The third-order valence-corrected chi connectivity index (χ3v) is 2.83. The SMILES string of the molecule is COC(=O)c1ccncc1OCCN.Cc1ccc(Cl)cc1. The second-order valence-electron chi connectivity index (χ2n) is 4.30. The molecule has 0 saturated carbocycles. The number of halogens is 1. The number of carbonyl (C=O) groups excluding carboxylic acids is 1. The van der Waals surface area contributed by atoms with E-state index in [1.165, 1.54) is 31.1 Å². The third-order valence-electron chi connectivity index (χ3n) is 2.58. The predicted octanol–water partition coefficient (Wildman–Crippen LogP) is 2.85.